The Balaban J connectivity index is 5.11. The summed E-state index contributed by atoms with van der Waals surface area (Å²) in [6.45, 7) is 27.2. The molecule has 0 bridgehead atoms. The largest absolute Gasteiger partial charge is 0.0882 e. The molecule has 32 heavy (non-hydrogen) atoms. The van der Waals surface area contributed by atoms with Crippen LogP contribution >= 0.6 is 0 Å². The van der Waals surface area contributed by atoms with E-state index in [2.05, 4.69) is 98.2 Å². The van der Waals surface area contributed by atoms with Crippen LogP contribution in [0.3, 0.4) is 0 Å². The molecule has 2 heteroatoms. The Labute approximate surface area is 207 Å². The van der Waals surface area contributed by atoms with E-state index < -0.39 is 16.1 Å². The quantitative estimate of drug-likeness (QED) is 0.104. The molecule has 0 N–H and O–H groups in total. The molecule has 0 amide bonds. The lowest BCUT2D eigenvalue weighted by molar-refractivity contribution is 0.405. The molecule has 0 spiro atoms. The van der Waals surface area contributed by atoms with Crippen LogP contribution in [0.4, 0.5) is 0 Å². The summed E-state index contributed by atoms with van der Waals surface area (Å²) in [4.78, 5) is 0. The van der Waals surface area contributed by atoms with E-state index in [0.29, 0.717) is 5.92 Å². The zero-order valence-electron chi connectivity index (χ0n) is 24.3. The molecule has 0 aromatic carbocycles. The molecule has 0 aromatic rings. The maximum atomic E-state index is 2.66. The molecule has 0 heterocycles. The van der Waals surface area contributed by atoms with Gasteiger partial charge in [-0.1, -0.05) is 149 Å². The third-order valence-corrected chi connectivity index (χ3v) is 10.5. The normalized spacial score (nSPS) is 17.4. The molecule has 0 nitrogen and oxygen atoms in total. The minimum atomic E-state index is -1.04. The summed E-state index contributed by atoms with van der Waals surface area (Å²) in [5.41, 5.74) is 0. The first-order valence-electron chi connectivity index (χ1n) is 14.1. The summed E-state index contributed by atoms with van der Waals surface area (Å²) < 4.78 is 0. The first-order valence-corrected chi connectivity index (χ1v) is 21.5. The molecular weight excluding hydrogens is 417 g/mol. The Morgan fingerprint density at radius 2 is 1.09 bits per heavy atom. The highest BCUT2D eigenvalue weighted by molar-refractivity contribution is 6.76. The van der Waals surface area contributed by atoms with E-state index in [4.69, 9.17) is 0 Å². The monoisotopic (exact) mass is 478 g/mol. The second-order valence-electron chi connectivity index (χ2n) is 13.7. The number of hydrogen-bond donors (Lipinski definition) is 0. The Kier molecular flexibility index (Phi) is 16.5. The first-order chi connectivity index (χ1) is 14.7. The highest BCUT2D eigenvalue weighted by Crippen LogP contribution is 2.31. The topological polar surface area (TPSA) is 0 Å². The fraction of sp³-hybridized carbons (Fsp3) is 0.867. The van der Waals surface area contributed by atoms with Gasteiger partial charge in [0.25, 0.3) is 0 Å². The van der Waals surface area contributed by atoms with Gasteiger partial charge in [0.05, 0.1) is 0 Å². The third-order valence-electron chi connectivity index (χ3n) is 6.75. The smallest absolute Gasteiger partial charge is 0.0445 e. The van der Waals surface area contributed by atoms with Crippen molar-refractivity contribution in [3.63, 3.8) is 0 Å². The Morgan fingerprint density at radius 3 is 1.59 bits per heavy atom. The van der Waals surface area contributed by atoms with Gasteiger partial charge in [-0.05, 0) is 42.4 Å². The van der Waals surface area contributed by atoms with Crippen molar-refractivity contribution in [3.8, 4) is 0 Å². The molecule has 0 aliphatic heterocycles. The van der Waals surface area contributed by atoms with Crippen LogP contribution in [-0.2, 0) is 0 Å². The maximum absolute atomic E-state index is 2.66. The number of rotatable bonds is 18. The zero-order chi connectivity index (χ0) is 24.8. The van der Waals surface area contributed by atoms with Gasteiger partial charge in [0.1, 0.15) is 0 Å². The Hall–Kier alpha value is -0.0862. The van der Waals surface area contributed by atoms with Crippen molar-refractivity contribution in [3.05, 3.63) is 24.3 Å². The van der Waals surface area contributed by atoms with Gasteiger partial charge in [-0.3, -0.25) is 0 Å². The molecule has 0 aliphatic rings. The van der Waals surface area contributed by atoms with E-state index in [1.807, 2.05) is 0 Å². The highest BCUT2D eigenvalue weighted by atomic mass is 28.3. The molecule has 190 valence electrons. The summed E-state index contributed by atoms with van der Waals surface area (Å²) in [6, 6.07) is 2.87. The molecule has 0 radical (unpaired) electrons. The Bertz CT molecular complexity index is 504. The van der Waals surface area contributed by atoms with E-state index >= 15 is 0 Å². The lowest BCUT2D eigenvalue weighted by atomic mass is 9.86. The standard InChI is InChI=1S/C30H62Si2/c1-12-13-20-29(27(4)24-31(6,7)8)22-23-30(28(5)25-32(9,10)11)21-18-16-14-15-17-19-26(2)3/h13,20,22-23,26-30H,12,14-19,21,24-25H2,1-11H3/b20-13+,23-22+. The van der Waals surface area contributed by atoms with Crippen molar-refractivity contribution in [1.82, 2.24) is 0 Å². The number of allylic oxidation sites excluding steroid dienone is 4. The van der Waals surface area contributed by atoms with E-state index in [9.17, 15) is 0 Å². The van der Waals surface area contributed by atoms with Gasteiger partial charge in [-0.15, -0.1) is 0 Å². The van der Waals surface area contributed by atoms with E-state index in [-0.39, 0.29) is 0 Å². The summed E-state index contributed by atoms with van der Waals surface area (Å²) >= 11 is 0. The van der Waals surface area contributed by atoms with Gasteiger partial charge in [0, 0.05) is 16.1 Å². The van der Waals surface area contributed by atoms with E-state index in [1.165, 1.54) is 57.0 Å². The molecule has 4 atom stereocenters. The van der Waals surface area contributed by atoms with Crippen LogP contribution in [0, 0.1) is 29.6 Å². The van der Waals surface area contributed by atoms with Crippen LogP contribution in [0.15, 0.2) is 24.3 Å². The summed E-state index contributed by atoms with van der Waals surface area (Å²) in [5.74, 6) is 3.81. The van der Waals surface area contributed by atoms with Crippen molar-refractivity contribution in [2.75, 3.05) is 0 Å². The van der Waals surface area contributed by atoms with Gasteiger partial charge in [0.2, 0.25) is 0 Å². The molecule has 0 aromatic heterocycles. The van der Waals surface area contributed by atoms with Crippen LogP contribution in [0.25, 0.3) is 0 Å². The van der Waals surface area contributed by atoms with Gasteiger partial charge >= 0.3 is 0 Å². The first kappa shape index (κ1) is 31.9. The van der Waals surface area contributed by atoms with Crippen molar-refractivity contribution in [1.29, 1.82) is 0 Å². The van der Waals surface area contributed by atoms with Gasteiger partial charge < -0.3 is 0 Å². The molecular formula is C30H62Si2. The summed E-state index contributed by atoms with van der Waals surface area (Å²) in [6.07, 6.45) is 21.2. The average molecular weight is 479 g/mol. The lowest BCUT2D eigenvalue weighted by Gasteiger charge is -2.29. The second kappa shape index (κ2) is 16.5. The third kappa shape index (κ3) is 18.4. The molecule has 0 fully saturated rings. The highest BCUT2D eigenvalue weighted by Gasteiger charge is 2.24. The van der Waals surface area contributed by atoms with E-state index in [1.54, 1.807) is 0 Å². The number of hydrogen-bond acceptors (Lipinski definition) is 0. The average Bonchev–Trinajstić information content (AvgIpc) is 2.62. The fourth-order valence-corrected chi connectivity index (χ4v) is 9.70. The fourth-order valence-electron chi connectivity index (χ4n) is 5.26. The van der Waals surface area contributed by atoms with E-state index in [0.717, 1.165) is 30.1 Å². The van der Waals surface area contributed by atoms with Crippen molar-refractivity contribution >= 4 is 16.1 Å². The lowest BCUT2D eigenvalue weighted by Crippen LogP contribution is -2.26. The minimum absolute atomic E-state index is 0.610. The van der Waals surface area contributed by atoms with Crippen molar-refractivity contribution < 1.29 is 0 Å². The minimum Gasteiger partial charge on any atom is -0.0882 e. The van der Waals surface area contributed by atoms with Gasteiger partial charge in [0.15, 0.2) is 0 Å². The van der Waals surface area contributed by atoms with Crippen LogP contribution < -0.4 is 0 Å². The summed E-state index contributed by atoms with van der Waals surface area (Å²) in [5, 5.41) is 0. The summed E-state index contributed by atoms with van der Waals surface area (Å²) in [7, 11) is -2.07. The van der Waals surface area contributed by atoms with Crippen LogP contribution in [0.5, 0.6) is 0 Å². The molecule has 0 saturated carbocycles. The predicted octanol–water partition coefficient (Wildman–Crippen LogP) is 11.1. The SMILES string of the molecule is CC/C=C/C(/C=C/C(CCCCCCCC(C)C)C(C)C[Si](C)(C)C)C(C)C[Si](C)(C)C. The molecule has 0 aliphatic carbocycles. The van der Waals surface area contributed by atoms with Gasteiger partial charge in [-0.2, -0.15) is 0 Å². The molecule has 0 saturated heterocycles. The van der Waals surface area contributed by atoms with Crippen molar-refractivity contribution in [2.45, 2.75) is 137 Å². The molecule has 0 rings (SSSR count). The van der Waals surface area contributed by atoms with Crippen molar-refractivity contribution in [2.24, 2.45) is 29.6 Å². The Morgan fingerprint density at radius 1 is 0.594 bits per heavy atom. The van der Waals surface area contributed by atoms with Crippen LogP contribution in [-0.4, -0.2) is 16.1 Å². The van der Waals surface area contributed by atoms with Crippen LogP contribution in [0.1, 0.15) is 86.0 Å². The second-order valence-corrected chi connectivity index (χ2v) is 24.7. The van der Waals surface area contributed by atoms with Gasteiger partial charge in [-0.25, -0.2) is 0 Å². The zero-order valence-corrected chi connectivity index (χ0v) is 26.3. The molecule has 4 unspecified atom stereocenters. The predicted molar refractivity (Wildman–Crippen MR) is 157 cm³/mol. The number of unbranched alkanes of at least 4 members (excludes halogenated alkanes) is 4. The maximum Gasteiger partial charge on any atom is 0.0445 e. The van der Waals surface area contributed by atoms with Crippen LogP contribution in [0.2, 0.25) is 51.4 Å².